The second-order valence-electron chi connectivity index (χ2n) is 11.8. The van der Waals surface area contributed by atoms with Gasteiger partial charge in [-0.2, -0.15) is 0 Å². The quantitative estimate of drug-likeness (QED) is 0.0704. The fraction of sp³-hybridized carbons (Fsp3) is 0.116. The molecule has 0 bridgehead atoms. The number of H-pyrrole nitrogens is 1. The van der Waals surface area contributed by atoms with Crippen molar-refractivity contribution in [1.82, 2.24) is 15.0 Å². The number of methoxy groups -OCH3 is 3. The van der Waals surface area contributed by atoms with Gasteiger partial charge in [0.05, 0.1) is 49.6 Å². The van der Waals surface area contributed by atoms with E-state index in [0.717, 1.165) is 39.5 Å². The smallest absolute Gasteiger partial charge is 0.354 e. The van der Waals surface area contributed by atoms with Crippen molar-refractivity contribution < 1.29 is 34.8 Å². The third-order valence-electron chi connectivity index (χ3n) is 8.15. The molecule has 0 unspecified atom stereocenters. The molecule has 0 spiro atoms. The number of pyridine rings is 3. The van der Waals surface area contributed by atoms with E-state index < -0.39 is 17.9 Å². The van der Waals surface area contributed by atoms with Gasteiger partial charge in [-0.3, -0.25) is 14.8 Å². The van der Waals surface area contributed by atoms with Crippen molar-refractivity contribution in [1.29, 1.82) is 0 Å². The first kappa shape index (κ1) is 38.9. The van der Waals surface area contributed by atoms with Gasteiger partial charge in [-0.15, -0.1) is 0 Å². The Morgan fingerprint density at radius 3 is 1.85 bits per heavy atom. The van der Waals surface area contributed by atoms with E-state index in [9.17, 15) is 19.2 Å². The number of nitrogens with one attached hydrogen (secondary N) is 2. The Morgan fingerprint density at radius 1 is 0.673 bits per heavy atom. The summed E-state index contributed by atoms with van der Waals surface area (Å²) in [6, 6.07) is 33.8. The zero-order valence-corrected chi connectivity index (χ0v) is 30.8. The van der Waals surface area contributed by atoms with Crippen LogP contribution in [0.3, 0.4) is 0 Å². The van der Waals surface area contributed by atoms with Crippen LogP contribution in [0.1, 0.15) is 23.0 Å². The molecule has 0 amide bonds. The SMILES string of the molecule is COC(=O)/C=C(\Nc1ccc(C)c2cccnc12)C(=O)OC.COC(=O)c1cc(=O)c2cc(C)c3cccnc3c2[nH]1.[2HH].c1ccc(Oc2ccccc2)cc1. The number of esters is 3. The summed E-state index contributed by atoms with van der Waals surface area (Å²) in [4.78, 5) is 58.5. The van der Waals surface area contributed by atoms with Gasteiger partial charge >= 0.3 is 17.9 Å². The van der Waals surface area contributed by atoms with Crippen LogP contribution >= 0.6 is 0 Å². The van der Waals surface area contributed by atoms with Crippen molar-refractivity contribution >= 4 is 56.3 Å². The maximum absolute atomic E-state index is 12.2. The Hall–Kier alpha value is -7.34. The molecule has 0 radical (unpaired) electrons. The van der Waals surface area contributed by atoms with E-state index in [2.05, 4.69) is 34.5 Å². The normalized spacial score (nSPS) is 10.7. The summed E-state index contributed by atoms with van der Waals surface area (Å²) in [5.74, 6) is -0.164. The number of benzene rings is 4. The lowest BCUT2D eigenvalue weighted by Gasteiger charge is -2.12. The number of hydrogen-bond acceptors (Lipinski definition) is 11. The average Bonchev–Trinajstić information content (AvgIpc) is 3.22. The fourth-order valence-electron chi connectivity index (χ4n) is 5.44. The predicted molar refractivity (Wildman–Crippen MR) is 213 cm³/mol. The third kappa shape index (κ3) is 9.76. The van der Waals surface area contributed by atoms with Crippen LogP contribution in [-0.2, 0) is 23.8 Å². The Kier molecular flexibility index (Phi) is 13.0. The second kappa shape index (κ2) is 18.4. The van der Waals surface area contributed by atoms with Gasteiger partial charge in [-0.05, 0) is 73.5 Å². The van der Waals surface area contributed by atoms with Gasteiger partial charge in [0.2, 0.25) is 0 Å². The van der Waals surface area contributed by atoms with Crippen molar-refractivity contribution in [3.8, 4) is 11.5 Å². The van der Waals surface area contributed by atoms with Gasteiger partial charge in [0.15, 0.2) is 5.43 Å². The zero-order chi connectivity index (χ0) is 39.3. The first-order valence-electron chi connectivity index (χ1n) is 16.9. The van der Waals surface area contributed by atoms with Crippen LogP contribution in [0.25, 0.3) is 32.7 Å². The summed E-state index contributed by atoms with van der Waals surface area (Å²) in [6.45, 7) is 3.90. The monoisotopic (exact) mass is 741 g/mol. The maximum atomic E-state index is 12.2. The van der Waals surface area contributed by atoms with Crippen LogP contribution in [0.4, 0.5) is 5.69 Å². The first-order valence-corrected chi connectivity index (χ1v) is 16.9. The zero-order valence-electron chi connectivity index (χ0n) is 30.8. The minimum atomic E-state index is -0.671. The number of aromatic amines is 1. The summed E-state index contributed by atoms with van der Waals surface area (Å²) in [7, 11) is 3.74. The molecule has 7 aromatic rings. The molecule has 0 saturated heterocycles. The molecule has 12 nitrogen and oxygen atoms in total. The van der Waals surface area contributed by atoms with Crippen molar-refractivity contribution in [2.75, 3.05) is 26.6 Å². The van der Waals surface area contributed by atoms with E-state index in [1.54, 1.807) is 24.5 Å². The lowest BCUT2D eigenvalue weighted by Crippen LogP contribution is -2.15. The van der Waals surface area contributed by atoms with Crippen LogP contribution in [0.5, 0.6) is 11.5 Å². The Balaban J connectivity index is 0.000000190. The van der Waals surface area contributed by atoms with Crippen molar-refractivity contribution in [3.63, 3.8) is 0 Å². The van der Waals surface area contributed by atoms with E-state index in [-0.39, 0.29) is 18.2 Å². The highest BCUT2D eigenvalue weighted by molar-refractivity contribution is 6.05. The van der Waals surface area contributed by atoms with E-state index in [1.165, 1.54) is 27.4 Å². The molecular weight excluding hydrogens is 700 g/mol. The van der Waals surface area contributed by atoms with Crippen molar-refractivity contribution in [2.24, 2.45) is 0 Å². The number of carbonyl (C=O) groups excluding carboxylic acids is 3. The minimum Gasteiger partial charge on any atom is -0.466 e. The molecule has 0 fully saturated rings. The largest absolute Gasteiger partial charge is 0.466 e. The average molecular weight is 742 g/mol. The van der Waals surface area contributed by atoms with Crippen LogP contribution in [0.2, 0.25) is 0 Å². The highest BCUT2D eigenvalue weighted by Gasteiger charge is 2.16. The van der Waals surface area contributed by atoms with Crippen molar-refractivity contribution in [2.45, 2.75) is 13.8 Å². The number of anilines is 1. The van der Waals surface area contributed by atoms with Crippen LogP contribution in [0.15, 0.2) is 138 Å². The molecule has 280 valence electrons. The Morgan fingerprint density at radius 2 is 1.27 bits per heavy atom. The number of fused-ring (bicyclic) bond motifs is 4. The van der Waals surface area contributed by atoms with Gasteiger partial charge < -0.3 is 29.2 Å². The number of ether oxygens (including phenoxy) is 4. The molecule has 0 aliphatic carbocycles. The van der Waals surface area contributed by atoms with Crippen molar-refractivity contribution in [3.05, 3.63) is 160 Å². The third-order valence-corrected chi connectivity index (χ3v) is 8.15. The lowest BCUT2D eigenvalue weighted by atomic mass is 10.0. The molecule has 4 aromatic carbocycles. The number of aromatic nitrogens is 3. The Labute approximate surface area is 317 Å². The van der Waals surface area contributed by atoms with E-state index in [4.69, 9.17) is 4.74 Å². The molecule has 0 atom stereocenters. The number of nitrogens with zero attached hydrogens (tertiary/aromatic N) is 2. The van der Waals surface area contributed by atoms with Gasteiger partial charge in [0, 0.05) is 36.0 Å². The first-order chi connectivity index (χ1) is 26.6. The highest BCUT2D eigenvalue weighted by Crippen LogP contribution is 2.26. The van der Waals surface area contributed by atoms with Crippen LogP contribution in [0, 0.1) is 13.8 Å². The van der Waals surface area contributed by atoms with Gasteiger partial charge in [0.1, 0.15) is 22.9 Å². The number of hydrogen-bond donors (Lipinski definition) is 2. The number of para-hydroxylation sites is 2. The van der Waals surface area contributed by atoms with E-state index in [1.807, 2.05) is 105 Å². The summed E-state index contributed by atoms with van der Waals surface area (Å²) in [6.07, 6.45) is 4.36. The fourth-order valence-corrected chi connectivity index (χ4v) is 5.44. The highest BCUT2D eigenvalue weighted by atomic mass is 16.5. The number of aryl methyl sites for hydroxylation is 2. The maximum Gasteiger partial charge on any atom is 0.354 e. The summed E-state index contributed by atoms with van der Waals surface area (Å²) in [5, 5.41) is 5.30. The second-order valence-corrected chi connectivity index (χ2v) is 11.8. The van der Waals surface area contributed by atoms with E-state index >= 15 is 0 Å². The lowest BCUT2D eigenvalue weighted by molar-refractivity contribution is -0.138. The van der Waals surface area contributed by atoms with Gasteiger partial charge in [0.25, 0.3) is 0 Å². The molecule has 0 saturated carbocycles. The minimum absolute atomic E-state index is 0. The van der Waals surface area contributed by atoms with Crippen LogP contribution < -0.4 is 15.5 Å². The summed E-state index contributed by atoms with van der Waals surface area (Å²) < 4.78 is 19.4. The molecule has 3 heterocycles. The predicted octanol–water partition coefficient (Wildman–Crippen LogP) is 8.08. The molecular formula is C43H40N4O8. The summed E-state index contributed by atoms with van der Waals surface area (Å²) >= 11 is 0. The molecule has 55 heavy (non-hydrogen) atoms. The Bertz CT molecular complexity index is 2520. The molecule has 0 aliphatic rings. The molecule has 2 N–H and O–H groups in total. The molecule has 0 aliphatic heterocycles. The van der Waals surface area contributed by atoms with Crippen LogP contribution in [-0.4, -0.2) is 54.2 Å². The molecule has 7 rings (SSSR count). The van der Waals surface area contributed by atoms with Gasteiger partial charge in [-0.1, -0.05) is 54.6 Å². The van der Waals surface area contributed by atoms with E-state index in [0.29, 0.717) is 27.6 Å². The summed E-state index contributed by atoms with van der Waals surface area (Å²) in [5.41, 5.74) is 4.43. The molecule has 3 aromatic heterocycles. The standard InChI is InChI=1S/C16H16N2O4.C15H12N2O3.C12H10O.H2/c1-10-6-7-12(15-11(10)5-4-8-17-15)18-13(16(20)22-3)9-14(19)21-2;1-8-6-10-12(18)7-11(15(19)20-2)17-14(10)13-9(8)4-3-5-16-13;1-3-7-11(8-4-1)13-12-9-5-2-6-10-12;/h4-9,18H,1-3H3;3-7H,1-2H3,(H,17,18);1-10H;1H/b13-9-;;;/i;;;1+1. The number of carbonyl (C=O) groups is 3. The number of rotatable bonds is 7. The topological polar surface area (TPSA) is 159 Å². The van der Waals surface area contributed by atoms with Gasteiger partial charge in [-0.25, -0.2) is 14.4 Å². The molecule has 12 heteroatoms.